The lowest BCUT2D eigenvalue weighted by molar-refractivity contribution is -0.604. The summed E-state index contributed by atoms with van der Waals surface area (Å²) in [4.78, 5) is 12.4. The van der Waals surface area contributed by atoms with Gasteiger partial charge in [0.1, 0.15) is 40.4 Å². The number of hydrogen-bond donors (Lipinski definition) is 1. The van der Waals surface area contributed by atoms with E-state index in [2.05, 4.69) is 10.3 Å². The Labute approximate surface area is 141 Å². The maximum atomic E-state index is 12.4. The van der Waals surface area contributed by atoms with Gasteiger partial charge in [-0.25, -0.2) is 4.63 Å². The molecule has 1 N–H and O–H groups in total. The summed E-state index contributed by atoms with van der Waals surface area (Å²) in [7, 11) is 1.51. The summed E-state index contributed by atoms with van der Waals surface area (Å²) in [5.41, 5.74) is 0.736. The molecule has 9 nitrogen and oxygen atoms in total. The summed E-state index contributed by atoms with van der Waals surface area (Å²) in [5.74, 6) is 1.01. The first-order valence-corrected chi connectivity index (χ1v) is 7.72. The second kappa shape index (κ2) is 5.28. The molecule has 2 atom stereocenters. The average molecular weight is 345 g/mol. The van der Waals surface area contributed by atoms with Crippen LogP contribution in [0, 0.1) is 4.91 Å². The Morgan fingerprint density at radius 3 is 2.76 bits per heavy atom. The molecular weight excluding hydrogens is 328 g/mol. The number of aliphatic hydroxyl groups is 1. The van der Waals surface area contributed by atoms with Crippen molar-refractivity contribution < 1.29 is 23.8 Å². The molecule has 3 aromatic rings. The van der Waals surface area contributed by atoms with E-state index in [0.29, 0.717) is 32.6 Å². The van der Waals surface area contributed by atoms with Gasteiger partial charge in [0.15, 0.2) is 10.6 Å². The van der Waals surface area contributed by atoms with Gasteiger partial charge in [0.05, 0.1) is 18.1 Å². The van der Waals surface area contributed by atoms with Crippen molar-refractivity contribution in [1.82, 2.24) is 15.0 Å². The number of aromatic nitrogens is 4. The van der Waals surface area contributed by atoms with E-state index in [4.69, 9.17) is 14.1 Å². The molecule has 3 heterocycles. The Balaban J connectivity index is 1.99. The van der Waals surface area contributed by atoms with E-state index in [9.17, 15) is 10.0 Å². The Bertz CT molecular complexity index is 1010. The third-order valence-corrected chi connectivity index (χ3v) is 4.46. The number of methoxy groups -OCH3 is 1. The Hall–Kier alpha value is -2.94. The molecule has 0 bridgehead atoms. The quantitative estimate of drug-likeness (QED) is 0.693. The Morgan fingerprint density at radius 2 is 2.04 bits per heavy atom. The van der Waals surface area contributed by atoms with Crippen molar-refractivity contribution in [2.45, 2.75) is 31.6 Å². The molecule has 1 aliphatic rings. The van der Waals surface area contributed by atoms with Crippen LogP contribution in [0.1, 0.15) is 25.5 Å². The van der Waals surface area contributed by atoms with Gasteiger partial charge in [-0.15, -0.1) is 0 Å². The van der Waals surface area contributed by atoms with Gasteiger partial charge < -0.3 is 14.6 Å². The molecule has 9 heteroatoms. The summed E-state index contributed by atoms with van der Waals surface area (Å²) in [5, 5.41) is 18.6. The van der Waals surface area contributed by atoms with Crippen LogP contribution < -0.4 is 14.0 Å². The lowest BCUT2D eigenvalue weighted by atomic mass is 9.86. The van der Waals surface area contributed by atoms with Gasteiger partial charge in [0.2, 0.25) is 0 Å². The molecule has 130 valence electrons. The SMILES string of the molecule is COc1cc[n+](=O)n(C2c3cc4nonc4cc3OC(C)(C)C2O)c1. The van der Waals surface area contributed by atoms with E-state index in [1.165, 1.54) is 24.2 Å². The number of hydrogen-bond acceptors (Lipinski definition) is 7. The number of fused-ring (bicyclic) bond motifs is 2. The Morgan fingerprint density at radius 1 is 1.32 bits per heavy atom. The van der Waals surface area contributed by atoms with Gasteiger partial charge in [0, 0.05) is 11.6 Å². The smallest absolute Gasteiger partial charge is 0.261 e. The minimum absolute atomic E-state index is 0.495. The number of ether oxygens (including phenoxy) is 2. The zero-order valence-electron chi connectivity index (χ0n) is 13.9. The molecule has 0 saturated carbocycles. The molecule has 1 aliphatic heterocycles. The largest absolute Gasteiger partial charge is 0.495 e. The Kier molecular flexibility index (Phi) is 3.29. The summed E-state index contributed by atoms with van der Waals surface area (Å²) >= 11 is 0. The fraction of sp³-hybridized carbons (Fsp3) is 0.375. The zero-order chi connectivity index (χ0) is 17.8. The molecule has 0 fully saturated rings. The minimum Gasteiger partial charge on any atom is -0.495 e. The standard InChI is InChI=1S/C16H17N4O5/c1-16(2)15(21)14(19-8-9(23-3)4-5-20(19)22)10-6-11-12(18-25-17-11)7-13(10)24-16/h4-8,14-15,21H,1-3H3/q+1. The minimum atomic E-state index is -0.991. The highest BCUT2D eigenvalue weighted by Crippen LogP contribution is 2.42. The van der Waals surface area contributed by atoms with E-state index in [-0.39, 0.29) is 0 Å². The highest BCUT2D eigenvalue weighted by Gasteiger charge is 2.46. The normalized spacial score (nSPS) is 21.6. The van der Waals surface area contributed by atoms with Crippen LogP contribution in [0.3, 0.4) is 0 Å². The summed E-state index contributed by atoms with van der Waals surface area (Å²) in [6.07, 6.45) is 1.87. The van der Waals surface area contributed by atoms with Gasteiger partial charge in [-0.1, -0.05) is 4.68 Å². The van der Waals surface area contributed by atoms with Crippen LogP contribution in [0.15, 0.2) is 35.2 Å². The van der Waals surface area contributed by atoms with Crippen LogP contribution >= 0.6 is 0 Å². The summed E-state index contributed by atoms with van der Waals surface area (Å²) in [6, 6.07) is 4.24. The molecule has 0 spiro atoms. The van der Waals surface area contributed by atoms with E-state index < -0.39 is 17.7 Å². The first-order chi connectivity index (χ1) is 11.9. The summed E-state index contributed by atoms with van der Waals surface area (Å²) in [6.45, 7) is 3.52. The molecule has 4 rings (SSSR count). The molecule has 0 amide bonds. The van der Waals surface area contributed by atoms with Crippen LogP contribution in [0.5, 0.6) is 11.5 Å². The molecule has 1 aromatic carbocycles. The van der Waals surface area contributed by atoms with Gasteiger partial charge >= 0.3 is 0 Å². The van der Waals surface area contributed by atoms with Crippen molar-refractivity contribution in [1.29, 1.82) is 0 Å². The van der Waals surface area contributed by atoms with Gasteiger partial charge in [0.25, 0.3) is 6.20 Å². The lowest BCUT2D eigenvalue weighted by Crippen LogP contribution is -2.53. The zero-order valence-corrected chi connectivity index (χ0v) is 13.9. The lowest BCUT2D eigenvalue weighted by Gasteiger charge is -2.40. The van der Waals surface area contributed by atoms with Crippen LogP contribution in [0.2, 0.25) is 0 Å². The van der Waals surface area contributed by atoms with Gasteiger partial charge in [-0.2, -0.15) is 0 Å². The van der Waals surface area contributed by atoms with E-state index in [0.717, 1.165) is 0 Å². The van der Waals surface area contributed by atoms with Crippen LogP contribution in [0.25, 0.3) is 11.0 Å². The maximum absolute atomic E-state index is 12.4. The second-order valence-corrected chi connectivity index (χ2v) is 6.47. The van der Waals surface area contributed by atoms with Crippen LogP contribution in [0.4, 0.5) is 0 Å². The number of nitrogens with zero attached hydrogens (tertiary/aromatic N) is 4. The average Bonchev–Trinajstić information content (AvgIpc) is 3.02. The number of benzene rings is 1. The van der Waals surface area contributed by atoms with Gasteiger partial charge in [-0.05, 0) is 30.2 Å². The molecule has 0 radical (unpaired) electrons. The third kappa shape index (κ3) is 2.35. The first-order valence-electron chi connectivity index (χ1n) is 7.72. The maximum Gasteiger partial charge on any atom is 0.261 e. The van der Waals surface area contributed by atoms with Crippen LogP contribution in [-0.4, -0.2) is 38.9 Å². The van der Waals surface area contributed by atoms with E-state index in [1.54, 1.807) is 32.0 Å². The van der Waals surface area contributed by atoms with Crippen molar-refractivity contribution in [2.24, 2.45) is 0 Å². The number of rotatable bonds is 2. The molecule has 0 aliphatic carbocycles. The van der Waals surface area contributed by atoms with Crippen molar-refractivity contribution >= 4 is 11.0 Å². The molecule has 2 unspecified atom stereocenters. The second-order valence-electron chi connectivity index (χ2n) is 6.47. The first kappa shape index (κ1) is 15.6. The third-order valence-electron chi connectivity index (χ3n) is 4.46. The predicted octanol–water partition coefficient (Wildman–Crippen LogP) is 1.07. The highest BCUT2D eigenvalue weighted by atomic mass is 16.6. The van der Waals surface area contributed by atoms with Crippen LogP contribution in [-0.2, 0) is 0 Å². The van der Waals surface area contributed by atoms with E-state index >= 15 is 0 Å². The van der Waals surface area contributed by atoms with Crippen molar-refractivity contribution in [3.8, 4) is 11.5 Å². The monoisotopic (exact) mass is 345 g/mol. The molecular formula is C16H17N4O5+. The van der Waals surface area contributed by atoms with Crippen molar-refractivity contribution in [3.63, 3.8) is 0 Å². The van der Waals surface area contributed by atoms with E-state index in [1.807, 2.05) is 0 Å². The van der Waals surface area contributed by atoms with Crippen molar-refractivity contribution in [2.75, 3.05) is 7.11 Å². The highest BCUT2D eigenvalue weighted by molar-refractivity contribution is 5.77. The fourth-order valence-electron chi connectivity index (χ4n) is 3.10. The molecule has 0 saturated heterocycles. The molecule has 2 aromatic heterocycles. The topological polar surface area (TPSA) is 106 Å². The predicted molar refractivity (Wildman–Crippen MR) is 85.0 cm³/mol. The number of aliphatic hydroxyl groups excluding tert-OH is 1. The molecule has 25 heavy (non-hydrogen) atoms. The fourth-order valence-corrected chi connectivity index (χ4v) is 3.10. The summed E-state index contributed by atoms with van der Waals surface area (Å²) < 4.78 is 17.9. The van der Waals surface area contributed by atoms with Crippen molar-refractivity contribution in [3.05, 3.63) is 41.1 Å². The van der Waals surface area contributed by atoms with Gasteiger partial charge in [-0.3, -0.25) is 0 Å².